The van der Waals surface area contributed by atoms with Gasteiger partial charge in [-0.3, -0.25) is 0 Å². The third-order valence-electron chi connectivity index (χ3n) is 4.63. The van der Waals surface area contributed by atoms with E-state index in [2.05, 4.69) is 12.2 Å². The first-order valence-electron chi connectivity index (χ1n) is 8.41. The zero-order valence-corrected chi connectivity index (χ0v) is 14.5. The standard InChI is InChI=1S/C15H31N3O2S/c1-13(2)18(12-15-8-4-5-9-16-15)21(19,20)17-10-6-7-14(3)11-17/h13-16H,4-12H2,1-3H3. The van der Waals surface area contributed by atoms with Crippen LogP contribution in [-0.4, -0.2) is 55.3 Å². The summed E-state index contributed by atoms with van der Waals surface area (Å²) in [5.74, 6) is 0.468. The van der Waals surface area contributed by atoms with Crippen LogP contribution in [0.5, 0.6) is 0 Å². The van der Waals surface area contributed by atoms with Gasteiger partial charge in [0.2, 0.25) is 0 Å². The molecule has 0 aromatic rings. The maximum Gasteiger partial charge on any atom is 0.282 e. The highest BCUT2D eigenvalue weighted by molar-refractivity contribution is 7.86. The molecule has 2 rings (SSSR count). The van der Waals surface area contributed by atoms with Gasteiger partial charge in [0.1, 0.15) is 0 Å². The molecule has 2 atom stereocenters. The Hall–Kier alpha value is -0.170. The second-order valence-corrected chi connectivity index (χ2v) is 8.80. The molecular weight excluding hydrogens is 286 g/mol. The lowest BCUT2D eigenvalue weighted by molar-refractivity contribution is 0.230. The zero-order valence-electron chi connectivity index (χ0n) is 13.7. The summed E-state index contributed by atoms with van der Waals surface area (Å²) in [5.41, 5.74) is 0. The molecule has 5 nitrogen and oxygen atoms in total. The number of hydrogen-bond acceptors (Lipinski definition) is 3. The molecule has 0 spiro atoms. The van der Waals surface area contributed by atoms with Crippen LogP contribution in [0, 0.1) is 5.92 Å². The summed E-state index contributed by atoms with van der Waals surface area (Å²) in [7, 11) is -3.33. The molecule has 0 aromatic carbocycles. The van der Waals surface area contributed by atoms with Crippen molar-refractivity contribution in [3.05, 3.63) is 0 Å². The largest absolute Gasteiger partial charge is 0.313 e. The first kappa shape index (κ1) is 17.2. The molecule has 0 bridgehead atoms. The molecule has 6 heteroatoms. The van der Waals surface area contributed by atoms with Gasteiger partial charge in [-0.05, 0) is 52.0 Å². The van der Waals surface area contributed by atoms with Gasteiger partial charge in [-0.15, -0.1) is 0 Å². The number of nitrogens with one attached hydrogen (secondary N) is 1. The van der Waals surface area contributed by atoms with Gasteiger partial charge < -0.3 is 5.32 Å². The highest BCUT2D eigenvalue weighted by Gasteiger charge is 2.35. The second kappa shape index (κ2) is 7.40. The molecular formula is C15H31N3O2S. The third-order valence-corrected chi connectivity index (χ3v) is 6.78. The fraction of sp³-hybridized carbons (Fsp3) is 1.00. The summed E-state index contributed by atoms with van der Waals surface area (Å²) >= 11 is 0. The van der Waals surface area contributed by atoms with E-state index in [9.17, 15) is 8.42 Å². The van der Waals surface area contributed by atoms with Crippen molar-refractivity contribution in [2.45, 2.75) is 65.0 Å². The molecule has 21 heavy (non-hydrogen) atoms. The van der Waals surface area contributed by atoms with E-state index in [1.165, 1.54) is 12.8 Å². The monoisotopic (exact) mass is 317 g/mol. The Labute approximate surface area is 130 Å². The van der Waals surface area contributed by atoms with Crippen LogP contribution in [0.2, 0.25) is 0 Å². The first-order valence-corrected chi connectivity index (χ1v) is 9.81. The normalized spacial score (nSPS) is 29.2. The van der Waals surface area contributed by atoms with Gasteiger partial charge in [-0.2, -0.15) is 17.0 Å². The predicted octanol–water partition coefficient (Wildman–Crippen LogP) is 1.82. The van der Waals surface area contributed by atoms with Gasteiger partial charge in [0.15, 0.2) is 0 Å². The van der Waals surface area contributed by atoms with Crippen molar-refractivity contribution in [1.82, 2.24) is 13.9 Å². The van der Waals surface area contributed by atoms with Gasteiger partial charge in [-0.1, -0.05) is 13.3 Å². The predicted molar refractivity (Wildman–Crippen MR) is 86.4 cm³/mol. The summed E-state index contributed by atoms with van der Waals surface area (Å²) in [4.78, 5) is 0. The number of hydrogen-bond donors (Lipinski definition) is 1. The minimum Gasteiger partial charge on any atom is -0.313 e. The summed E-state index contributed by atoms with van der Waals surface area (Å²) < 4.78 is 29.3. The molecule has 0 saturated carbocycles. The Balaban J connectivity index is 2.07. The van der Waals surface area contributed by atoms with Gasteiger partial charge in [0.05, 0.1) is 0 Å². The smallest absolute Gasteiger partial charge is 0.282 e. The molecule has 0 aromatic heterocycles. The number of nitrogens with zero attached hydrogens (tertiary/aromatic N) is 2. The van der Waals surface area contributed by atoms with Crippen LogP contribution in [0.15, 0.2) is 0 Å². The highest BCUT2D eigenvalue weighted by atomic mass is 32.2. The van der Waals surface area contributed by atoms with E-state index in [-0.39, 0.29) is 6.04 Å². The topological polar surface area (TPSA) is 52.7 Å². The molecule has 0 amide bonds. The molecule has 2 aliphatic rings. The van der Waals surface area contributed by atoms with E-state index in [1.54, 1.807) is 8.61 Å². The van der Waals surface area contributed by atoms with Crippen LogP contribution in [0.1, 0.15) is 52.9 Å². The van der Waals surface area contributed by atoms with Crippen molar-refractivity contribution in [1.29, 1.82) is 0 Å². The van der Waals surface area contributed by atoms with Crippen molar-refractivity contribution in [3.63, 3.8) is 0 Å². The van der Waals surface area contributed by atoms with Crippen LogP contribution in [0.3, 0.4) is 0 Å². The molecule has 0 aliphatic carbocycles. The average molecular weight is 317 g/mol. The third kappa shape index (κ3) is 4.41. The Bertz CT molecular complexity index is 419. The number of rotatable bonds is 5. The number of piperidine rings is 2. The van der Waals surface area contributed by atoms with Crippen LogP contribution < -0.4 is 5.32 Å². The van der Waals surface area contributed by atoms with Crippen LogP contribution in [0.25, 0.3) is 0 Å². The highest BCUT2D eigenvalue weighted by Crippen LogP contribution is 2.23. The second-order valence-electron chi connectivity index (χ2n) is 6.92. The Morgan fingerprint density at radius 3 is 2.57 bits per heavy atom. The van der Waals surface area contributed by atoms with Crippen molar-refractivity contribution >= 4 is 10.2 Å². The van der Waals surface area contributed by atoms with Crippen molar-refractivity contribution in [2.24, 2.45) is 5.92 Å². The molecule has 0 radical (unpaired) electrons. The lowest BCUT2D eigenvalue weighted by Crippen LogP contribution is -2.54. The fourth-order valence-electron chi connectivity index (χ4n) is 3.37. The van der Waals surface area contributed by atoms with Gasteiger partial charge in [-0.25, -0.2) is 0 Å². The van der Waals surface area contributed by atoms with E-state index in [0.29, 0.717) is 31.6 Å². The first-order chi connectivity index (χ1) is 9.91. The van der Waals surface area contributed by atoms with Crippen molar-refractivity contribution in [3.8, 4) is 0 Å². The van der Waals surface area contributed by atoms with E-state index < -0.39 is 10.2 Å². The SMILES string of the molecule is CC1CCCN(S(=O)(=O)N(CC2CCCCN2)C(C)C)C1. The Kier molecular flexibility index (Phi) is 6.05. The Morgan fingerprint density at radius 1 is 1.24 bits per heavy atom. The summed E-state index contributed by atoms with van der Waals surface area (Å²) in [6, 6.07) is 0.314. The molecule has 2 saturated heterocycles. The maximum atomic E-state index is 13.0. The molecule has 2 unspecified atom stereocenters. The molecule has 2 aliphatic heterocycles. The van der Waals surface area contributed by atoms with Crippen molar-refractivity contribution in [2.75, 3.05) is 26.2 Å². The maximum absolute atomic E-state index is 13.0. The van der Waals surface area contributed by atoms with Gasteiger partial charge >= 0.3 is 0 Å². The van der Waals surface area contributed by atoms with Crippen LogP contribution in [-0.2, 0) is 10.2 Å². The molecule has 2 fully saturated rings. The van der Waals surface area contributed by atoms with E-state index in [0.717, 1.165) is 25.8 Å². The quantitative estimate of drug-likeness (QED) is 0.841. The van der Waals surface area contributed by atoms with Gasteiger partial charge in [0.25, 0.3) is 10.2 Å². The minimum absolute atomic E-state index is 0.0101. The average Bonchev–Trinajstić information content (AvgIpc) is 2.45. The summed E-state index contributed by atoms with van der Waals surface area (Å²) in [6.07, 6.45) is 5.60. The fourth-order valence-corrected chi connectivity index (χ4v) is 5.37. The van der Waals surface area contributed by atoms with E-state index >= 15 is 0 Å². The minimum atomic E-state index is -3.33. The van der Waals surface area contributed by atoms with E-state index in [1.807, 2.05) is 13.8 Å². The molecule has 2 heterocycles. The van der Waals surface area contributed by atoms with Crippen LogP contribution >= 0.6 is 0 Å². The van der Waals surface area contributed by atoms with Gasteiger partial charge in [0, 0.05) is 31.7 Å². The molecule has 1 N–H and O–H groups in total. The lowest BCUT2D eigenvalue weighted by Gasteiger charge is -2.38. The van der Waals surface area contributed by atoms with E-state index in [4.69, 9.17) is 0 Å². The van der Waals surface area contributed by atoms with Crippen molar-refractivity contribution < 1.29 is 8.42 Å². The molecule has 124 valence electrons. The van der Waals surface area contributed by atoms with Crippen LogP contribution in [0.4, 0.5) is 0 Å². The zero-order chi connectivity index (χ0) is 15.5. The summed E-state index contributed by atoms with van der Waals surface area (Å²) in [5, 5.41) is 3.46. The summed E-state index contributed by atoms with van der Waals surface area (Å²) in [6.45, 7) is 9.06. The Morgan fingerprint density at radius 2 is 2.00 bits per heavy atom. The lowest BCUT2D eigenvalue weighted by atomic mass is 10.0.